The molecule has 0 aliphatic rings. The van der Waals surface area contributed by atoms with Crippen LogP contribution in [0.15, 0.2) is 30.5 Å². The fourth-order valence-electron chi connectivity index (χ4n) is 1.98. The van der Waals surface area contributed by atoms with Crippen LogP contribution in [0.2, 0.25) is 0 Å². The van der Waals surface area contributed by atoms with Crippen LogP contribution in [0.3, 0.4) is 0 Å². The highest BCUT2D eigenvalue weighted by Crippen LogP contribution is 2.26. The predicted octanol–water partition coefficient (Wildman–Crippen LogP) is 0.941. The molecule has 112 valence electrons. The number of hydrogen-bond donors (Lipinski definition) is 1. The molecule has 0 saturated carbocycles. The van der Waals surface area contributed by atoms with Crippen molar-refractivity contribution in [3.8, 4) is 5.75 Å². The number of benzene rings is 1. The van der Waals surface area contributed by atoms with Crippen molar-refractivity contribution in [2.45, 2.75) is 6.10 Å². The predicted molar refractivity (Wildman–Crippen MR) is 76.1 cm³/mol. The summed E-state index contributed by atoms with van der Waals surface area (Å²) in [5.74, 6) is 0.429. The molecule has 1 atom stereocenters. The van der Waals surface area contributed by atoms with E-state index in [4.69, 9.17) is 9.47 Å². The van der Waals surface area contributed by atoms with E-state index in [2.05, 4.69) is 15.6 Å². The molecule has 0 radical (unpaired) electrons. The number of nitrogens with one attached hydrogen (secondary N) is 1. The number of aromatic nitrogens is 3. The van der Waals surface area contributed by atoms with Crippen molar-refractivity contribution in [1.82, 2.24) is 20.3 Å². The number of carbonyl (C=O) groups is 1. The van der Waals surface area contributed by atoms with E-state index in [0.29, 0.717) is 6.54 Å². The Hall–Kier alpha value is -2.41. The highest BCUT2D eigenvalue weighted by molar-refractivity contribution is 5.91. The van der Waals surface area contributed by atoms with Crippen LogP contribution >= 0.6 is 0 Å². The zero-order chi connectivity index (χ0) is 15.2. The summed E-state index contributed by atoms with van der Waals surface area (Å²) in [5, 5.41) is 10.3. The van der Waals surface area contributed by atoms with Gasteiger partial charge in [-0.25, -0.2) is 0 Å². The van der Waals surface area contributed by atoms with E-state index in [9.17, 15) is 4.79 Å². The zero-order valence-electron chi connectivity index (χ0n) is 12.2. The minimum atomic E-state index is -0.304. The van der Waals surface area contributed by atoms with Crippen LogP contribution in [-0.4, -0.2) is 41.7 Å². The van der Waals surface area contributed by atoms with E-state index in [1.807, 2.05) is 24.3 Å². The fourth-order valence-corrected chi connectivity index (χ4v) is 1.98. The van der Waals surface area contributed by atoms with Crippen molar-refractivity contribution in [2.75, 3.05) is 20.8 Å². The highest BCUT2D eigenvalue weighted by Gasteiger charge is 2.17. The Balaban J connectivity index is 2.04. The molecule has 0 spiro atoms. The molecular weight excluding hydrogens is 272 g/mol. The van der Waals surface area contributed by atoms with Crippen LogP contribution in [-0.2, 0) is 11.8 Å². The molecule has 0 unspecified atom stereocenters. The molecule has 0 saturated heterocycles. The number of nitrogens with zero attached hydrogens (tertiary/aromatic N) is 3. The number of amides is 1. The second-order valence-corrected chi connectivity index (χ2v) is 4.45. The third-order valence-corrected chi connectivity index (χ3v) is 3.05. The van der Waals surface area contributed by atoms with Crippen molar-refractivity contribution in [3.63, 3.8) is 0 Å². The number of methoxy groups -OCH3 is 2. The van der Waals surface area contributed by atoms with E-state index >= 15 is 0 Å². The van der Waals surface area contributed by atoms with Crippen LogP contribution in [0, 0.1) is 0 Å². The molecule has 7 heteroatoms. The van der Waals surface area contributed by atoms with Gasteiger partial charge in [0, 0.05) is 26.3 Å². The van der Waals surface area contributed by atoms with Crippen LogP contribution < -0.4 is 10.1 Å². The first-order valence-electron chi connectivity index (χ1n) is 6.46. The molecule has 1 heterocycles. The number of ether oxygens (including phenoxy) is 2. The standard InChI is InChI=1S/C14H18N4O3/c1-18-9-11(16-17-18)14(19)15-8-13(21-3)10-6-4-5-7-12(10)20-2/h4-7,9,13H,8H2,1-3H3,(H,15,19)/t13-/m1/s1. The Morgan fingerprint density at radius 2 is 2.14 bits per heavy atom. The summed E-state index contributed by atoms with van der Waals surface area (Å²) >= 11 is 0. The summed E-state index contributed by atoms with van der Waals surface area (Å²) in [6.07, 6.45) is 1.25. The Bertz CT molecular complexity index is 612. The average molecular weight is 290 g/mol. The van der Waals surface area contributed by atoms with Crippen LogP contribution in [0.4, 0.5) is 0 Å². The Morgan fingerprint density at radius 1 is 1.38 bits per heavy atom. The minimum Gasteiger partial charge on any atom is -0.496 e. The maximum Gasteiger partial charge on any atom is 0.273 e. The molecular formula is C14H18N4O3. The van der Waals surface area contributed by atoms with E-state index in [1.165, 1.54) is 4.68 Å². The quantitative estimate of drug-likeness (QED) is 0.856. The van der Waals surface area contributed by atoms with E-state index in [1.54, 1.807) is 27.5 Å². The lowest BCUT2D eigenvalue weighted by molar-refractivity contribution is 0.0815. The maximum absolute atomic E-state index is 12.0. The van der Waals surface area contributed by atoms with E-state index in [0.717, 1.165) is 11.3 Å². The lowest BCUT2D eigenvalue weighted by atomic mass is 10.1. The van der Waals surface area contributed by atoms with Gasteiger partial charge in [-0.3, -0.25) is 9.48 Å². The van der Waals surface area contributed by atoms with Gasteiger partial charge < -0.3 is 14.8 Å². The van der Waals surface area contributed by atoms with Gasteiger partial charge in [0.05, 0.1) is 13.3 Å². The van der Waals surface area contributed by atoms with Gasteiger partial charge in [0.25, 0.3) is 5.91 Å². The van der Waals surface area contributed by atoms with Gasteiger partial charge in [0.1, 0.15) is 11.9 Å². The fraction of sp³-hybridized carbons (Fsp3) is 0.357. The van der Waals surface area contributed by atoms with Crippen LogP contribution in [0.25, 0.3) is 0 Å². The van der Waals surface area contributed by atoms with E-state index < -0.39 is 0 Å². The molecule has 1 amide bonds. The molecule has 0 aliphatic heterocycles. The number of aryl methyl sites for hydroxylation is 1. The number of hydrogen-bond acceptors (Lipinski definition) is 5. The second kappa shape index (κ2) is 6.85. The Labute approximate surface area is 122 Å². The molecule has 0 fully saturated rings. The SMILES string of the molecule is COc1ccccc1[C@@H](CNC(=O)c1cn(C)nn1)OC. The Morgan fingerprint density at radius 3 is 2.76 bits per heavy atom. The summed E-state index contributed by atoms with van der Waals surface area (Å²) in [5.41, 5.74) is 1.15. The Kier molecular flexibility index (Phi) is 4.89. The third kappa shape index (κ3) is 3.57. The first-order valence-corrected chi connectivity index (χ1v) is 6.46. The van der Waals surface area contributed by atoms with Crippen molar-refractivity contribution in [3.05, 3.63) is 41.7 Å². The molecule has 0 aliphatic carbocycles. The molecule has 21 heavy (non-hydrogen) atoms. The maximum atomic E-state index is 12.0. The monoisotopic (exact) mass is 290 g/mol. The van der Waals surface area contributed by atoms with Gasteiger partial charge in [-0.05, 0) is 6.07 Å². The smallest absolute Gasteiger partial charge is 0.273 e. The lowest BCUT2D eigenvalue weighted by Crippen LogP contribution is -2.29. The van der Waals surface area contributed by atoms with Crippen molar-refractivity contribution < 1.29 is 14.3 Å². The molecule has 2 rings (SSSR count). The molecule has 1 aromatic heterocycles. The van der Waals surface area contributed by atoms with Crippen LogP contribution in [0.5, 0.6) is 5.75 Å². The zero-order valence-corrected chi connectivity index (χ0v) is 12.2. The van der Waals surface area contributed by atoms with Gasteiger partial charge in [-0.1, -0.05) is 23.4 Å². The first kappa shape index (κ1) is 15.0. The molecule has 0 bridgehead atoms. The van der Waals surface area contributed by atoms with Gasteiger partial charge in [-0.2, -0.15) is 0 Å². The van der Waals surface area contributed by atoms with Crippen molar-refractivity contribution in [1.29, 1.82) is 0 Å². The normalized spacial score (nSPS) is 12.0. The van der Waals surface area contributed by atoms with Crippen LogP contribution in [0.1, 0.15) is 22.2 Å². The first-order chi connectivity index (χ1) is 10.2. The summed E-state index contributed by atoms with van der Waals surface area (Å²) in [4.78, 5) is 12.0. The summed E-state index contributed by atoms with van der Waals surface area (Å²) in [7, 11) is 4.89. The largest absolute Gasteiger partial charge is 0.496 e. The number of para-hydroxylation sites is 1. The van der Waals surface area contributed by atoms with E-state index in [-0.39, 0.29) is 17.7 Å². The van der Waals surface area contributed by atoms with Crippen molar-refractivity contribution in [2.24, 2.45) is 7.05 Å². The van der Waals surface area contributed by atoms with Crippen molar-refractivity contribution >= 4 is 5.91 Å². The molecule has 1 aromatic carbocycles. The summed E-state index contributed by atoms with van der Waals surface area (Å²) < 4.78 is 12.2. The third-order valence-electron chi connectivity index (χ3n) is 3.05. The van der Waals surface area contributed by atoms with Gasteiger partial charge >= 0.3 is 0 Å². The molecule has 1 N–H and O–H groups in total. The lowest BCUT2D eigenvalue weighted by Gasteiger charge is -2.18. The van der Waals surface area contributed by atoms with Gasteiger partial charge in [-0.15, -0.1) is 5.10 Å². The van der Waals surface area contributed by atoms with Gasteiger partial charge in [0.2, 0.25) is 0 Å². The minimum absolute atomic E-state index is 0.271. The second-order valence-electron chi connectivity index (χ2n) is 4.45. The molecule has 7 nitrogen and oxygen atoms in total. The molecule has 2 aromatic rings. The highest BCUT2D eigenvalue weighted by atomic mass is 16.5. The summed E-state index contributed by atoms with van der Waals surface area (Å²) in [6.45, 7) is 0.312. The topological polar surface area (TPSA) is 78.3 Å². The van der Waals surface area contributed by atoms with Gasteiger partial charge in [0.15, 0.2) is 5.69 Å². The summed E-state index contributed by atoms with van der Waals surface area (Å²) in [6, 6.07) is 7.54. The average Bonchev–Trinajstić information content (AvgIpc) is 2.94. The number of carbonyl (C=O) groups excluding carboxylic acids is 1. The number of rotatable bonds is 6.